The van der Waals surface area contributed by atoms with Crippen molar-refractivity contribution >= 4 is 13.8 Å². The van der Waals surface area contributed by atoms with Gasteiger partial charge < -0.3 is 19.8 Å². The lowest BCUT2D eigenvalue weighted by Gasteiger charge is -1.84. The monoisotopic (exact) mass is 198 g/mol. The Hall–Kier alpha value is -0.680. The summed E-state index contributed by atoms with van der Waals surface area (Å²) < 4.78 is 8.88. The first-order valence-corrected chi connectivity index (χ1v) is 4.39. The molecule has 72 valence electrons. The summed E-state index contributed by atoms with van der Waals surface area (Å²) in [5, 5.41) is 8.11. The van der Waals surface area contributed by atoms with Gasteiger partial charge in [0.25, 0.3) is 0 Å². The molecule has 7 heteroatoms. The molecular weight excluding hydrogens is 187 g/mol. The molecule has 0 saturated carbocycles. The molecule has 0 aromatic carbocycles. The van der Waals surface area contributed by atoms with Gasteiger partial charge in [0.15, 0.2) is 0 Å². The molecule has 0 heterocycles. The van der Waals surface area contributed by atoms with Crippen LogP contribution in [-0.4, -0.2) is 25.8 Å². The summed E-state index contributed by atoms with van der Waals surface area (Å²) in [7, 11) is -4.64. The first kappa shape index (κ1) is 13.9. The molecule has 0 saturated heterocycles. The van der Waals surface area contributed by atoms with Gasteiger partial charge in [-0.15, -0.1) is 0 Å². The van der Waals surface area contributed by atoms with E-state index < -0.39 is 13.8 Å². The largest absolute Gasteiger partial charge is 0.478 e. The normalized spacial score (nSPS) is 11.6. The van der Waals surface area contributed by atoms with E-state index in [1.807, 2.05) is 0 Å². The van der Waals surface area contributed by atoms with Gasteiger partial charge in [-0.3, -0.25) is 0 Å². The molecule has 0 radical (unpaired) electrons. The highest BCUT2D eigenvalue weighted by atomic mass is 31.2. The molecule has 0 amide bonds. The molecule has 0 aliphatic rings. The van der Waals surface area contributed by atoms with Crippen molar-refractivity contribution in [2.75, 3.05) is 0 Å². The number of phosphoric acid groups is 1. The second kappa shape index (κ2) is 5.91. The lowest BCUT2D eigenvalue weighted by molar-refractivity contribution is -0.132. The Morgan fingerprint density at radius 1 is 1.33 bits per heavy atom. The third kappa shape index (κ3) is 22.8. The topological polar surface area (TPSA) is 115 Å². The van der Waals surface area contributed by atoms with Crippen molar-refractivity contribution < 1.29 is 29.1 Å². The Morgan fingerprint density at radius 2 is 1.58 bits per heavy atom. The molecule has 0 bridgehead atoms. The zero-order valence-corrected chi connectivity index (χ0v) is 7.52. The van der Waals surface area contributed by atoms with Crippen molar-refractivity contribution in [2.45, 2.75) is 13.8 Å². The third-order valence-electron chi connectivity index (χ3n) is 0.770. The summed E-state index contributed by atoms with van der Waals surface area (Å²) in [5.74, 6) is -0.845. The standard InChI is InChI=1S/C5H8O2.H3O4P/c1-3-4(2)5(6)7;1-5(2,3)4/h3H,1-2H3,(H,6,7);(H3,1,2,3,4). The average molecular weight is 198 g/mol. The minimum absolute atomic E-state index is 0.389. The van der Waals surface area contributed by atoms with Crippen LogP contribution in [0.1, 0.15) is 13.8 Å². The number of rotatable bonds is 1. The van der Waals surface area contributed by atoms with Gasteiger partial charge >= 0.3 is 13.8 Å². The summed E-state index contributed by atoms with van der Waals surface area (Å²) >= 11 is 0. The van der Waals surface area contributed by atoms with Crippen LogP contribution in [0.2, 0.25) is 0 Å². The van der Waals surface area contributed by atoms with Crippen molar-refractivity contribution in [3.63, 3.8) is 0 Å². The molecular formula is C5H11O6P. The van der Waals surface area contributed by atoms with Crippen LogP contribution in [0.15, 0.2) is 11.6 Å². The minimum atomic E-state index is -4.64. The molecule has 0 rings (SSSR count). The molecule has 0 aromatic heterocycles. The molecule has 6 nitrogen and oxygen atoms in total. The Kier molecular flexibility index (Phi) is 6.83. The number of aliphatic carboxylic acids is 1. The number of allylic oxidation sites excluding steroid dienone is 1. The molecule has 0 unspecified atom stereocenters. The van der Waals surface area contributed by atoms with Crippen molar-refractivity contribution in [3.05, 3.63) is 11.6 Å². The molecule has 0 fully saturated rings. The molecule has 4 N–H and O–H groups in total. The first-order chi connectivity index (χ1) is 5.18. The van der Waals surface area contributed by atoms with Crippen LogP contribution in [0.3, 0.4) is 0 Å². The van der Waals surface area contributed by atoms with Crippen molar-refractivity contribution in [1.29, 1.82) is 0 Å². The van der Waals surface area contributed by atoms with Crippen LogP contribution in [0.25, 0.3) is 0 Å². The van der Waals surface area contributed by atoms with Gasteiger partial charge in [-0.25, -0.2) is 9.36 Å². The second-order valence-electron chi connectivity index (χ2n) is 1.79. The van der Waals surface area contributed by atoms with E-state index in [0.717, 1.165) is 0 Å². The quantitative estimate of drug-likeness (QED) is 0.351. The number of hydrogen-bond acceptors (Lipinski definition) is 2. The van der Waals surface area contributed by atoms with Crippen molar-refractivity contribution in [3.8, 4) is 0 Å². The zero-order chi connectivity index (χ0) is 10.4. The zero-order valence-electron chi connectivity index (χ0n) is 6.63. The maximum atomic E-state index is 9.86. The fourth-order valence-corrected chi connectivity index (χ4v) is 0.123. The second-order valence-corrected chi connectivity index (χ2v) is 2.82. The lowest BCUT2D eigenvalue weighted by Crippen LogP contribution is -1.93. The van der Waals surface area contributed by atoms with E-state index in [2.05, 4.69) is 0 Å². The van der Waals surface area contributed by atoms with Gasteiger partial charge in [0.2, 0.25) is 0 Å². The van der Waals surface area contributed by atoms with E-state index in [1.54, 1.807) is 19.9 Å². The van der Waals surface area contributed by atoms with Crippen LogP contribution in [0.5, 0.6) is 0 Å². The smallest absolute Gasteiger partial charge is 0.466 e. The highest BCUT2D eigenvalue weighted by Gasteiger charge is 2.00. The highest BCUT2D eigenvalue weighted by molar-refractivity contribution is 7.45. The van der Waals surface area contributed by atoms with Crippen molar-refractivity contribution in [2.24, 2.45) is 0 Å². The van der Waals surface area contributed by atoms with Crippen LogP contribution < -0.4 is 0 Å². The molecule has 12 heavy (non-hydrogen) atoms. The predicted octanol–water partition coefficient (Wildman–Crippen LogP) is 0.109. The predicted molar refractivity (Wildman–Crippen MR) is 41.3 cm³/mol. The summed E-state index contributed by atoms with van der Waals surface area (Å²) in [5.41, 5.74) is 0.389. The molecule has 0 atom stereocenters. The van der Waals surface area contributed by atoms with Crippen LogP contribution >= 0.6 is 7.82 Å². The number of carbonyl (C=O) groups is 1. The maximum Gasteiger partial charge on any atom is 0.466 e. The average Bonchev–Trinajstić information content (AvgIpc) is 1.82. The van der Waals surface area contributed by atoms with E-state index in [-0.39, 0.29) is 0 Å². The van der Waals surface area contributed by atoms with Crippen molar-refractivity contribution in [1.82, 2.24) is 0 Å². The van der Waals surface area contributed by atoms with Gasteiger partial charge in [-0.1, -0.05) is 6.08 Å². The minimum Gasteiger partial charge on any atom is -0.478 e. The summed E-state index contributed by atoms with van der Waals surface area (Å²) in [6, 6.07) is 0. The fourth-order valence-electron chi connectivity index (χ4n) is 0.123. The van der Waals surface area contributed by atoms with Gasteiger partial charge in [0.1, 0.15) is 0 Å². The van der Waals surface area contributed by atoms with Gasteiger partial charge in [-0.2, -0.15) is 0 Å². The molecule has 0 aromatic rings. The summed E-state index contributed by atoms with van der Waals surface area (Å²) in [4.78, 5) is 31.4. The van der Waals surface area contributed by atoms with E-state index >= 15 is 0 Å². The first-order valence-electron chi connectivity index (χ1n) is 2.83. The number of carboxylic acids is 1. The van der Waals surface area contributed by atoms with E-state index in [4.69, 9.17) is 24.4 Å². The van der Waals surface area contributed by atoms with E-state index in [0.29, 0.717) is 5.57 Å². The Balaban J connectivity index is 0. The fraction of sp³-hybridized carbons (Fsp3) is 0.400. The number of carboxylic acid groups (broad SMARTS) is 1. The Labute approximate surface area is 69.4 Å². The molecule has 0 spiro atoms. The third-order valence-corrected chi connectivity index (χ3v) is 0.770. The van der Waals surface area contributed by atoms with Gasteiger partial charge in [0, 0.05) is 5.57 Å². The SMILES string of the molecule is CC=C(C)C(=O)O.O=P(O)(O)O. The van der Waals surface area contributed by atoms with Crippen LogP contribution in [-0.2, 0) is 9.36 Å². The molecule has 0 aliphatic heterocycles. The lowest BCUT2D eigenvalue weighted by atomic mass is 10.3. The summed E-state index contributed by atoms with van der Waals surface area (Å²) in [6.07, 6.45) is 1.56. The summed E-state index contributed by atoms with van der Waals surface area (Å²) in [6.45, 7) is 3.26. The van der Waals surface area contributed by atoms with Crippen LogP contribution in [0.4, 0.5) is 0 Å². The van der Waals surface area contributed by atoms with E-state index in [9.17, 15) is 4.79 Å². The molecule has 0 aliphatic carbocycles. The van der Waals surface area contributed by atoms with Gasteiger partial charge in [0.05, 0.1) is 0 Å². The number of hydrogen-bond donors (Lipinski definition) is 4. The van der Waals surface area contributed by atoms with Gasteiger partial charge in [-0.05, 0) is 13.8 Å². The Bertz CT molecular complexity index is 206. The van der Waals surface area contributed by atoms with Crippen LogP contribution in [0, 0.1) is 0 Å². The Morgan fingerprint density at radius 3 is 1.58 bits per heavy atom. The maximum absolute atomic E-state index is 9.86. The van der Waals surface area contributed by atoms with E-state index in [1.165, 1.54) is 0 Å². The highest BCUT2D eigenvalue weighted by Crippen LogP contribution is 2.25.